The van der Waals surface area contributed by atoms with Crippen LogP contribution in [0.1, 0.15) is 46.5 Å². The minimum atomic E-state index is -0.884. The van der Waals surface area contributed by atoms with Crippen LogP contribution >= 0.6 is 0 Å². The van der Waals surface area contributed by atoms with Gasteiger partial charge in [-0.05, 0) is 38.5 Å². The summed E-state index contributed by atoms with van der Waals surface area (Å²) in [4.78, 5) is 23.5. The lowest BCUT2D eigenvalue weighted by molar-refractivity contribution is -0.146. The van der Waals surface area contributed by atoms with Crippen LogP contribution in [0.2, 0.25) is 0 Å². The first-order valence-electron chi connectivity index (χ1n) is 6.98. The van der Waals surface area contributed by atoms with E-state index in [1.54, 1.807) is 0 Å². The molecule has 110 valence electrons. The van der Waals surface area contributed by atoms with E-state index in [-0.39, 0.29) is 18.4 Å². The maximum absolute atomic E-state index is 12.3. The molecule has 0 aromatic rings. The lowest BCUT2D eigenvalue weighted by Crippen LogP contribution is -2.49. The van der Waals surface area contributed by atoms with Gasteiger partial charge in [0.2, 0.25) is 5.91 Å². The van der Waals surface area contributed by atoms with Crippen molar-refractivity contribution < 1.29 is 19.8 Å². The van der Waals surface area contributed by atoms with E-state index in [2.05, 4.69) is 5.32 Å². The summed E-state index contributed by atoms with van der Waals surface area (Å²) >= 11 is 0. The van der Waals surface area contributed by atoms with Gasteiger partial charge in [-0.2, -0.15) is 0 Å². The Morgan fingerprint density at radius 2 is 1.89 bits per heavy atom. The third-order valence-corrected chi connectivity index (χ3v) is 4.32. The highest BCUT2D eigenvalue weighted by Gasteiger charge is 2.42. The van der Waals surface area contributed by atoms with Crippen LogP contribution < -0.4 is 5.32 Å². The topological polar surface area (TPSA) is 86.6 Å². The molecule has 0 bridgehead atoms. The Labute approximate surface area is 114 Å². The van der Waals surface area contributed by atoms with Gasteiger partial charge in [0.1, 0.15) is 0 Å². The van der Waals surface area contributed by atoms with Crippen molar-refractivity contribution in [3.05, 3.63) is 0 Å². The van der Waals surface area contributed by atoms with Gasteiger partial charge < -0.3 is 15.5 Å². The number of carbonyl (C=O) groups is 2. The number of aliphatic hydroxyl groups excluding tert-OH is 1. The number of aliphatic carboxylic acids is 1. The van der Waals surface area contributed by atoms with Crippen molar-refractivity contribution in [3.63, 3.8) is 0 Å². The lowest BCUT2D eigenvalue weighted by Gasteiger charge is -2.31. The standard InChI is InChI=1S/C14H25NO4/c1-4-14(3,5-6-16)15-12(17)10-7-9(2)8-11(10)13(18)19/h9-11,16H,4-8H2,1-3H3,(H,15,17)(H,18,19). The molecule has 19 heavy (non-hydrogen) atoms. The summed E-state index contributed by atoms with van der Waals surface area (Å²) < 4.78 is 0. The molecule has 4 atom stereocenters. The second-order valence-electron chi connectivity index (χ2n) is 6.00. The Morgan fingerprint density at radius 1 is 1.32 bits per heavy atom. The molecule has 0 aliphatic heterocycles. The maximum atomic E-state index is 12.3. The Hall–Kier alpha value is -1.10. The first-order valence-corrected chi connectivity index (χ1v) is 6.98. The van der Waals surface area contributed by atoms with E-state index in [4.69, 9.17) is 5.11 Å². The minimum Gasteiger partial charge on any atom is -0.481 e. The van der Waals surface area contributed by atoms with Gasteiger partial charge in [-0.15, -0.1) is 0 Å². The summed E-state index contributed by atoms with van der Waals surface area (Å²) in [6, 6.07) is 0. The van der Waals surface area contributed by atoms with Crippen molar-refractivity contribution in [3.8, 4) is 0 Å². The van der Waals surface area contributed by atoms with Crippen LogP contribution in [0.15, 0.2) is 0 Å². The zero-order valence-electron chi connectivity index (χ0n) is 12.0. The molecular weight excluding hydrogens is 246 g/mol. The first kappa shape index (κ1) is 16.0. The molecule has 5 nitrogen and oxygen atoms in total. The van der Waals surface area contributed by atoms with Gasteiger partial charge in [-0.25, -0.2) is 0 Å². The monoisotopic (exact) mass is 271 g/mol. The van der Waals surface area contributed by atoms with E-state index in [9.17, 15) is 14.7 Å². The third-order valence-electron chi connectivity index (χ3n) is 4.32. The summed E-state index contributed by atoms with van der Waals surface area (Å²) in [7, 11) is 0. The molecule has 0 heterocycles. The number of hydrogen-bond donors (Lipinski definition) is 3. The number of carbonyl (C=O) groups excluding carboxylic acids is 1. The largest absolute Gasteiger partial charge is 0.481 e. The predicted molar refractivity (Wildman–Crippen MR) is 71.6 cm³/mol. The van der Waals surface area contributed by atoms with Crippen molar-refractivity contribution in [2.75, 3.05) is 6.61 Å². The van der Waals surface area contributed by atoms with Gasteiger partial charge in [0.15, 0.2) is 0 Å². The number of carboxylic acid groups (broad SMARTS) is 1. The van der Waals surface area contributed by atoms with E-state index in [0.717, 1.165) is 0 Å². The van der Waals surface area contributed by atoms with Crippen molar-refractivity contribution in [1.82, 2.24) is 5.32 Å². The summed E-state index contributed by atoms with van der Waals surface area (Å²) in [6.07, 6.45) is 2.38. The molecule has 4 unspecified atom stereocenters. The van der Waals surface area contributed by atoms with E-state index < -0.39 is 23.3 Å². The number of carboxylic acids is 1. The van der Waals surface area contributed by atoms with Crippen LogP contribution in [0, 0.1) is 17.8 Å². The Balaban J connectivity index is 2.73. The molecule has 1 rings (SSSR count). The number of hydrogen-bond acceptors (Lipinski definition) is 3. The Kier molecular flexibility index (Phi) is 5.35. The minimum absolute atomic E-state index is 0.00798. The fraction of sp³-hybridized carbons (Fsp3) is 0.857. The van der Waals surface area contributed by atoms with Crippen LogP contribution in [0.5, 0.6) is 0 Å². The normalized spacial score (nSPS) is 29.8. The molecule has 0 spiro atoms. The summed E-state index contributed by atoms with van der Waals surface area (Å²) in [5.74, 6) is -1.83. The van der Waals surface area contributed by atoms with E-state index in [0.29, 0.717) is 25.7 Å². The quantitative estimate of drug-likeness (QED) is 0.681. The van der Waals surface area contributed by atoms with Crippen molar-refractivity contribution in [1.29, 1.82) is 0 Å². The van der Waals surface area contributed by atoms with Crippen LogP contribution in [-0.4, -0.2) is 34.2 Å². The SMILES string of the molecule is CCC(C)(CCO)NC(=O)C1CC(C)CC1C(=O)O. The predicted octanol–water partition coefficient (Wildman–Crippen LogP) is 1.40. The van der Waals surface area contributed by atoms with Gasteiger partial charge in [0.05, 0.1) is 11.8 Å². The molecule has 0 saturated heterocycles. The molecular formula is C14H25NO4. The molecule has 1 aliphatic carbocycles. The summed E-state index contributed by atoms with van der Waals surface area (Å²) in [6.45, 7) is 5.82. The zero-order chi connectivity index (χ0) is 14.6. The zero-order valence-corrected chi connectivity index (χ0v) is 12.0. The lowest BCUT2D eigenvalue weighted by atomic mass is 9.90. The number of aliphatic hydroxyl groups is 1. The Bertz CT molecular complexity index is 344. The van der Waals surface area contributed by atoms with Gasteiger partial charge in [-0.3, -0.25) is 9.59 Å². The molecule has 1 saturated carbocycles. The number of amides is 1. The fourth-order valence-corrected chi connectivity index (χ4v) is 2.82. The molecule has 1 amide bonds. The number of rotatable bonds is 6. The third kappa shape index (κ3) is 3.93. The average molecular weight is 271 g/mol. The second kappa shape index (κ2) is 6.37. The highest BCUT2D eigenvalue weighted by Crippen LogP contribution is 2.37. The second-order valence-corrected chi connectivity index (χ2v) is 6.00. The molecule has 1 fully saturated rings. The highest BCUT2D eigenvalue weighted by molar-refractivity contribution is 5.85. The average Bonchev–Trinajstić information content (AvgIpc) is 2.72. The smallest absolute Gasteiger partial charge is 0.307 e. The summed E-state index contributed by atoms with van der Waals surface area (Å²) in [5.41, 5.74) is -0.458. The molecule has 0 aromatic heterocycles. The van der Waals surface area contributed by atoms with Gasteiger partial charge in [0.25, 0.3) is 0 Å². The number of nitrogens with one attached hydrogen (secondary N) is 1. The van der Waals surface area contributed by atoms with Crippen molar-refractivity contribution >= 4 is 11.9 Å². The highest BCUT2D eigenvalue weighted by atomic mass is 16.4. The van der Waals surface area contributed by atoms with Gasteiger partial charge in [-0.1, -0.05) is 13.8 Å². The van der Waals surface area contributed by atoms with Crippen LogP contribution in [0.4, 0.5) is 0 Å². The van der Waals surface area contributed by atoms with Crippen molar-refractivity contribution in [2.45, 2.75) is 52.0 Å². The van der Waals surface area contributed by atoms with Crippen LogP contribution in [0.3, 0.4) is 0 Å². The van der Waals surface area contributed by atoms with Gasteiger partial charge in [0, 0.05) is 12.1 Å². The van der Waals surface area contributed by atoms with Crippen LogP contribution in [-0.2, 0) is 9.59 Å². The molecule has 1 aliphatic rings. The summed E-state index contributed by atoms with van der Waals surface area (Å²) in [5, 5.41) is 21.2. The van der Waals surface area contributed by atoms with E-state index in [1.807, 2.05) is 20.8 Å². The van der Waals surface area contributed by atoms with E-state index >= 15 is 0 Å². The van der Waals surface area contributed by atoms with E-state index in [1.165, 1.54) is 0 Å². The maximum Gasteiger partial charge on any atom is 0.307 e. The fourth-order valence-electron chi connectivity index (χ4n) is 2.82. The van der Waals surface area contributed by atoms with Gasteiger partial charge >= 0.3 is 5.97 Å². The van der Waals surface area contributed by atoms with Crippen molar-refractivity contribution in [2.24, 2.45) is 17.8 Å². The Morgan fingerprint density at radius 3 is 2.37 bits per heavy atom. The molecule has 5 heteroatoms. The van der Waals surface area contributed by atoms with Crippen LogP contribution in [0.25, 0.3) is 0 Å². The molecule has 0 radical (unpaired) electrons. The first-order chi connectivity index (χ1) is 8.83. The molecule has 3 N–H and O–H groups in total. The molecule has 0 aromatic carbocycles.